The fraction of sp³-hybridized carbons (Fsp3) is 0.269. The smallest absolute Gasteiger partial charge is 0.150 e. The van der Waals surface area contributed by atoms with E-state index < -0.39 is 11.9 Å². The van der Waals surface area contributed by atoms with Crippen molar-refractivity contribution in [3.63, 3.8) is 0 Å². The Morgan fingerprint density at radius 1 is 1.00 bits per heavy atom. The summed E-state index contributed by atoms with van der Waals surface area (Å²) in [5.41, 5.74) is 3.29. The SMILES string of the molecule is CC(C)C.Cc1cccc(-c2cnc3ccn(OC(C)c4c(Cl)ccc(F)c4Cl)c3c2)c1F. The molecule has 0 amide bonds. The van der Waals surface area contributed by atoms with Crippen molar-refractivity contribution in [2.24, 2.45) is 5.92 Å². The Labute approximate surface area is 202 Å². The van der Waals surface area contributed by atoms with Crippen LogP contribution in [-0.2, 0) is 0 Å². The zero-order valence-corrected chi connectivity index (χ0v) is 20.7. The molecule has 0 N–H and O–H groups in total. The van der Waals surface area contributed by atoms with E-state index in [1.807, 2.05) is 0 Å². The molecule has 0 fully saturated rings. The first kappa shape index (κ1) is 25.0. The number of fused-ring (bicyclic) bond motifs is 1. The Morgan fingerprint density at radius 3 is 2.39 bits per heavy atom. The van der Waals surface area contributed by atoms with Crippen molar-refractivity contribution < 1.29 is 13.6 Å². The predicted octanol–water partition coefficient (Wildman–Crippen LogP) is 8.45. The van der Waals surface area contributed by atoms with Crippen molar-refractivity contribution in [1.29, 1.82) is 0 Å². The van der Waals surface area contributed by atoms with Crippen LogP contribution in [0.1, 0.15) is 44.9 Å². The number of benzene rings is 2. The number of rotatable bonds is 4. The summed E-state index contributed by atoms with van der Waals surface area (Å²) in [7, 11) is 0. The molecule has 33 heavy (non-hydrogen) atoms. The minimum Gasteiger partial charge on any atom is -0.406 e. The normalized spacial score (nSPS) is 11.9. The van der Waals surface area contributed by atoms with Gasteiger partial charge < -0.3 is 4.84 Å². The van der Waals surface area contributed by atoms with E-state index in [1.54, 1.807) is 56.6 Å². The lowest BCUT2D eigenvalue weighted by molar-refractivity contribution is 0.0562. The van der Waals surface area contributed by atoms with Crippen molar-refractivity contribution in [2.75, 3.05) is 0 Å². The standard InChI is InChI=1S/C22H16Cl2F2N2O.C4H10/c1-12-4-3-5-15(22(12)26)14-10-19-18(27-11-14)8-9-28(19)29-13(2)20-16(23)6-7-17(25)21(20)24;1-4(2)3/h3-11,13H,1-2H3;4H,1-3H3. The Morgan fingerprint density at radius 2 is 1.70 bits per heavy atom. The van der Waals surface area contributed by atoms with E-state index >= 15 is 0 Å². The monoisotopic (exact) mass is 490 g/mol. The minimum atomic E-state index is -0.638. The molecule has 3 nitrogen and oxygen atoms in total. The third-order valence-corrected chi connectivity index (χ3v) is 5.48. The van der Waals surface area contributed by atoms with Gasteiger partial charge in [0.2, 0.25) is 0 Å². The third kappa shape index (κ3) is 5.66. The molecule has 0 aliphatic rings. The van der Waals surface area contributed by atoms with Crippen LogP contribution in [0.5, 0.6) is 0 Å². The van der Waals surface area contributed by atoms with Crippen LogP contribution in [0.15, 0.2) is 54.9 Å². The highest BCUT2D eigenvalue weighted by molar-refractivity contribution is 6.36. The summed E-state index contributed by atoms with van der Waals surface area (Å²) in [5.74, 6) is -0.0304. The van der Waals surface area contributed by atoms with E-state index in [4.69, 9.17) is 28.0 Å². The molecule has 2 aromatic heterocycles. The van der Waals surface area contributed by atoms with Crippen LogP contribution in [0, 0.1) is 24.5 Å². The van der Waals surface area contributed by atoms with Gasteiger partial charge in [0, 0.05) is 34.1 Å². The fourth-order valence-electron chi connectivity index (χ4n) is 3.24. The van der Waals surface area contributed by atoms with Crippen LogP contribution in [0.2, 0.25) is 10.0 Å². The van der Waals surface area contributed by atoms with E-state index in [-0.39, 0.29) is 10.8 Å². The van der Waals surface area contributed by atoms with E-state index in [0.29, 0.717) is 38.3 Å². The molecule has 7 heteroatoms. The molecule has 0 saturated heterocycles. The predicted molar refractivity (Wildman–Crippen MR) is 132 cm³/mol. The molecule has 174 valence electrons. The highest BCUT2D eigenvalue weighted by Crippen LogP contribution is 2.34. The summed E-state index contributed by atoms with van der Waals surface area (Å²) < 4.78 is 29.9. The van der Waals surface area contributed by atoms with Crippen LogP contribution in [0.4, 0.5) is 8.78 Å². The molecule has 0 radical (unpaired) electrons. The number of halogens is 4. The van der Waals surface area contributed by atoms with Crippen molar-refractivity contribution in [1.82, 2.24) is 9.71 Å². The summed E-state index contributed by atoms with van der Waals surface area (Å²) in [6.07, 6.45) is 2.67. The van der Waals surface area contributed by atoms with Gasteiger partial charge in [-0.05, 0) is 49.6 Å². The van der Waals surface area contributed by atoms with Crippen LogP contribution >= 0.6 is 23.2 Å². The van der Waals surface area contributed by atoms with Crippen molar-refractivity contribution >= 4 is 34.2 Å². The lowest BCUT2D eigenvalue weighted by Gasteiger charge is -2.19. The molecule has 4 rings (SSSR count). The Kier molecular flexibility index (Phi) is 7.98. The Hall–Kier alpha value is -2.63. The minimum absolute atomic E-state index is 0.0814. The maximum atomic E-state index is 14.5. The largest absolute Gasteiger partial charge is 0.406 e. The maximum absolute atomic E-state index is 14.5. The van der Waals surface area contributed by atoms with Crippen LogP contribution in [0.3, 0.4) is 0 Å². The summed E-state index contributed by atoms with van der Waals surface area (Å²) in [5, 5.41) is 0.225. The number of hydrogen-bond donors (Lipinski definition) is 0. The van der Waals surface area contributed by atoms with E-state index in [9.17, 15) is 8.78 Å². The van der Waals surface area contributed by atoms with Gasteiger partial charge in [0.05, 0.1) is 10.5 Å². The van der Waals surface area contributed by atoms with Crippen LogP contribution < -0.4 is 4.84 Å². The van der Waals surface area contributed by atoms with Crippen molar-refractivity contribution in [3.05, 3.63) is 87.7 Å². The van der Waals surface area contributed by atoms with Gasteiger partial charge >= 0.3 is 0 Å². The lowest BCUT2D eigenvalue weighted by atomic mass is 10.0. The second kappa shape index (κ2) is 10.5. The number of aryl methyl sites for hydroxylation is 1. The zero-order valence-electron chi connectivity index (χ0n) is 19.2. The number of pyridine rings is 1. The molecule has 0 bridgehead atoms. The number of nitrogens with zero attached hydrogens (tertiary/aromatic N) is 2. The molecule has 2 heterocycles. The molecule has 1 atom stereocenters. The zero-order chi connectivity index (χ0) is 24.3. The molecular formula is C26H26Cl2F2N2O. The molecular weight excluding hydrogens is 465 g/mol. The number of aromatic nitrogens is 2. The summed E-state index contributed by atoms with van der Waals surface area (Å²) in [6, 6.07) is 11.4. The van der Waals surface area contributed by atoms with E-state index in [1.165, 1.54) is 16.9 Å². The van der Waals surface area contributed by atoms with Gasteiger partial charge in [-0.25, -0.2) is 8.78 Å². The first-order valence-electron chi connectivity index (χ1n) is 10.6. The fourth-order valence-corrected chi connectivity index (χ4v) is 3.91. The third-order valence-electron chi connectivity index (χ3n) is 4.76. The molecule has 2 aromatic carbocycles. The maximum Gasteiger partial charge on any atom is 0.150 e. The molecule has 0 aliphatic heterocycles. The van der Waals surface area contributed by atoms with Gasteiger partial charge in [-0.3, -0.25) is 4.98 Å². The highest BCUT2D eigenvalue weighted by atomic mass is 35.5. The van der Waals surface area contributed by atoms with Crippen LogP contribution in [-0.4, -0.2) is 9.71 Å². The van der Waals surface area contributed by atoms with Gasteiger partial charge in [0.1, 0.15) is 17.2 Å². The molecule has 1 unspecified atom stereocenters. The van der Waals surface area contributed by atoms with Crippen molar-refractivity contribution in [3.8, 4) is 11.1 Å². The Balaban J connectivity index is 0.000000709. The first-order valence-corrected chi connectivity index (χ1v) is 11.4. The summed E-state index contributed by atoms with van der Waals surface area (Å²) in [6.45, 7) is 9.93. The second-order valence-electron chi connectivity index (χ2n) is 8.44. The van der Waals surface area contributed by atoms with Gasteiger partial charge in [-0.15, -0.1) is 0 Å². The van der Waals surface area contributed by atoms with E-state index in [0.717, 1.165) is 5.92 Å². The Bertz CT molecular complexity index is 1270. The van der Waals surface area contributed by atoms with Gasteiger partial charge in [-0.1, -0.05) is 62.2 Å². The van der Waals surface area contributed by atoms with Gasteiger partial charge in [0.25, 0.3) is 0 Å². The molecule has 0 saturated carbocycles. The lowest BCUT2D eigenvalue weighted by Crippen LogP contribution is -2.16. The van der Waals surface area contributed by atoms with Crippen LogP contribution in [0.25, 0.3) is 22.2 Å². The average Bonchev–Trinajstić information content (AvgIpc) is 3.14. The molecule has 0 spiro atoms. The van der Waals surface area contributed by atoms with Gasteiger partial charge in [-0.2, -0.15) is 4.73 Å². The average molecular weight is 491 g/mol. The highest BCUT2D eigenvalue weighted by Gasteiger charge is 2.20. The number of hydrogen-bond acceptors (Lipinski definition) is 2. The second-order valence-corrected chi connectivity index (χ2v) is 9.23. The van der Waals surface area contributed by atoms with Gasteiger partial charge in [0.15, 0.2) is 6.10 Å². The topological polar surface area (TPSA) is 27.1 Å². The summed E-state index contributed by atoms with van der Waals surface area (Å²) >= 11 is 12.3. The first-order chi connectivity index (χ1) is 15.6. The van der Waals surface area contributed by atoms with Crippen molar-refractivity contribution in [2.45, 2.75) is 40.7 Å². The molecule has 0 aliphatic carbocycles. The van der Waals surface area contributed by atoms with E-state index in [2.05, 4.69) is 25.8 Å². The summed E-state index contributed by atoms with van der Waals surface area (Å²) in [4.78, 5) is 10.4. The quantitative estimate of drug-likeness (QED) is 0.268. The molecule has 4 aromatic rings.